The summed E-state index contributed by atoms with van der Waals surface area (Å²) in [5.74, 6) is 5.82. The lowest BCUT2D eigenvalue weighted by atomic mass is 10.0. The van der Waals surface area contributed by atoms with Crippen LogP contribution in [0, 0.1) is 18.8 Å². The summed E-state index contributed by atoms with van der Waals surface area (Å²) in [4.78, 5) is 31.9. The predicted octanol–water partition coefficient (Wildman–Crippen LogP) is 3.96. The van der Waals surface area contributed by atoms with Crippen LogP contribution in [0.3, 0.4) is 0 Å². The van der Waals surface area contributed by atoms with Gasteiger partial charge in [-0.25, -0.2) is 9.50 Å². The Hall–Kier alpha value is -5.49. The van der Waals surface area contributed by atoms with Crippen molar-refractivity contribution in [3.8, 4) is 17.5 Å². The molecule has 4 heterocycles. The number of nitrogens with zero attached hydrogens (tertiary/aromatic N) is 5. The molecule has 0 saturated heterocycles. The first-order chi connectivity index (χ1) is 19.0. The highest BCUT2D eigenvalue weighted by Gasteiger charge is 2.23. The van der Waals surface area contributed by atoms with Crippen molar-refractivity contribution in [2.45, 2.75) is 19.9 Å². The molecule has 9 nitrogen and oxygen atoms in total. The van der Waals surface area contributed by atoms with Gasteiger partial charge in [-0.05, 0) is 61.6 Å². The summed E-state index contributed by atoms with van der Waals surface area (Å²) in [6, 6.07) is 19.9. The molecule has 0 radical (unpaired) electrons. The maximum atomic E-state index is 14.1. The minimum absolute atomic E-state index is 0.224. The molecule has 1 atom stereocenters. The fourth-order valence-corrected chi connectivity index (χ4v) is 4.71. The Balaban J connectivity index is 1.48. The van der Waals surface area contributed by atoms with Gasteiger partial charge >= 0.3 is 0 Å². The molecule has 0 saturated carbocycles. The Morgan fingerprint density at radius 2 is 1.87 bits per heavy atom. The molecular formula is C30H23N7O2. The second-order valence-electron chi connectivity index (χ2n) is 9.08. The molecule has 2 aromatic carbocycles. The molecule has 0 aliphatic rings. The normalized spacial score (nSPS) is 11.7. The van der Waals surface area contributed by atoms with E-state index >= 15 is 0 Å². The Kier molecular flexibility index (Phi) is 5.98. The third kappa shape index (κ3) is 4.34. The second kappa shape index (κ2) is 9.76. The topological polar surface area (TPSA) is 110 Å². The number of hydrogen-bond donors (Lipinski definition) is 2. The van der Waals surface area contributed by atoms with Crippen LogP contribution in [-0.2, 0) is 0 Å². The van der Waals surface area contributed by atoms with Crippen LogP contribution in [-0.4, -0.2) is 35.3 Å². The van der Waals surface area contributed by atoms with Gasteiger partial charge in [-0.3, -0.25) is 19.3 Å². The van der Waals surface area contributed by atoms with Crippen molar-refractivity contribution >= 4 is 22.3 Å². The molecule has 39 heavy (non-hydrogen) atoms. The largest absolute Gasteiger partial charge is 0.344 e. The number of aromatic amines is 1. The van der Waals surface area contributed by atoms with Crippen LogP contribution in [0.25, 0.3) is 22.1 Å². The van der Waals surface area contributed by atoms with E-state index in [0.717, 1.165) is 5.39 Å². The highest BCUT2D eigenvalue weighted by atomic mass is 16.2. The summed E-state index contributed by atoms with van der Waals surface area (Å²) >= 11 is 0. The summed E-state index contributed by atoms with van der Waals surface area (Å²) < 4.78 is 3.21. The zero-order valence-electron chi connectivity index (χ0n) is 21.2. The number of rotatable bonds is 4. The highest BCUT2D eigenvalue weighted by molar-refractivity contribution is 6.01. The molecule has 0 spiro atoms. The molecule has 6 aromatic rings. The van der Waals surface area contributed by atoms with Crippen LogP contribution in [0.2, 0.25) is 0 Å². The Morgan fingerprint density at radius 3 is 2.67 bits per heavy atom. The molecule has 9 heteroatoms. The number of carbonyl (C=O) groups is 1. The van der Waals surface area contributed by atoms with Crippen molar-refractivity contribution in [3.05, 3.63) is 124 Å². The third-order valence-electron chi connectivity index (χ3n) is 6.51. The van der Waals surface area contributed by atoms with E-state index < -0.39 is 6.04 Å². The van der Waals surface area contributed by atoms with Gasteiger partial charge in [0.2, 0.25) is 0 Å². The molecule has 190 valence electrons. The molecule has 4 aromatic heterocycles. The Morgan fingerprint density at radius 1 is 1.03 bits per heavy atom. The van der Waals surface area contributed by atoms with Gasteiger partial charge in [-0.15, -0.1) is 0 Å². The smallest absolute Gasteiger partial charge is 0.264 e. The number of benzene rings is 2. The summed E-state index contributed by atoms with van der Waals surface area (Å²) in [5, 5.41) is 15.4. The molecule has 0 aliphatic heterocycles. The van der Waals surface area contributed by atoms with Gasteiger partial charge in [0, 0.05) is 35.5 Å². The SMILES string of the molecule is Cc1nn2cccnc2c1C(=O)N[C@@H](C)c1cc2cccc(C#Cc3ccn[nH]3)c2c(=O)n1-c1ccccc1. The second-order valence-corrected chi connectivity index (χ2v) is 9.08. The Bertz CT molecular complexity index is 1960. The average Bonchev–Trinajstić information content (AvgIpc) is 3.59. The number of aromatic nitrogens is 6. The predicted molar refractivity (Wildman–Crippen MR) is 148 cm³/mol. The van der Waals surface area contributed by atoms with Gasteiger partial charge < -0.3 is 5.32 Å². The highest BCUT2D eigenvalue weighted by Crippen LogP contribution is 2.24. The van der Waals surface area contributed by atoms with E-state index in [0.29, 0.717) is 44.9 Å². The van der Waals surface area contributed by atoms with Gasteiger partial charge in [0.15, 0.2) is 5.65 Å². The van der Waals surface area contributed by atoms with Gasteiger partial charge in [0.1, 0.15) is 11.3 Å². The number of nitrogens with one attached hydrogen (secondary N) is 2. The van der Waals surface area contributed by atoms with Crippen LogP contribution in [0.1, 0.15) is 46.0 Å². The fraction of sp³-hybridized carbons (Fsp3) is 0.100. The summed E-state index contributed by atoms with van der Waals surface area (Å²) in [7, 11) is 0. The first-order valence-corrected chi connectivity index (χ1v) is 12.4. The molecule has 0 unspecified atom stereocenters. The van der Waals surface area contributed by atoms with Gasteiger partial charge in [0.05, 0.1) is 17.1 Å². The monoisotopic (exact) mass is 513 g/mol. The lowest BCUT2D eigenvalue weighted by Crippen LogP contribution is -2.32. The maximum Gasteiger partial charge on any atom is 0.264 e. The number of hydrogen-bond acceptors (Lipinski definition) is 5. The lowest BCUT2D eigenvalue weighted by molar-refractivity contribution is 0.0939. The van der Waals surface area contributed by atoms with Crippen molar-refractivity contribution in [2.75, 3.05) is 0 Å². The standard InChI is InChI=1S/C30H23N7O2/c1-19(33-29(38)26-20(2)35-36-17-7-15-31-28(26)36)25-18-22-9-6-8-21(12-13-23-14-16-32-34-23)27(22)30(39)37(25)24-10-4-3-5-11-24/h3-11,14-19H,1-2H3,(H,32,34)(H,33,38)/t19-/m0/s1. The lowest BCUT2D eigenvalue weighted by Gasteiger charge is -2.21. The molecule has 1 amide bonds. The van der Waals surface area contributed by atoms with Crippen molar-refractivity contribution in [2.24, 2.45) is 0 Å². The van der Waals surface area contributed by atoms with E-state index in [1.54, 1.807) is 46.7 Å². The number of para-hydroxylation sites is 1. The van der Waals surface area contributed by atoms with Gasteiger partial charge in [-0.2, -0.15) is 10.2 Å². The number of pyridine rings is 1. The minimum atomic E-state index is -0.521. The third-order valence-corrected chi connectivity index (χ3v) is 6.51. The molecule has 6 rings (SSSR count). The first-order valence-electron chi connectivity index (χ1n) is 12.4. The van der Waals surface area contributed by atoms with Crippen molar-refractivity contribution in [1.29, 1.82) is 0 Å². The molecular weight excluding hydrogens is 490 g/mol. The van der Waals surface area contributed by atoms with E-state index in [4.69, 9.17) is 0 Å². The first kappa shape index (κ1) is 23.9. The number of H-pyrrole nitrogens is 1. The summed E-state index contributed by atoms with van der Waals surface area (Å²) in [6.07, 6.45) is 5.00. The fourth-order valence-electron chi connectivity index (χ4n) is 4.71. The van der Waals surface area contributed by atoms with E-state index in [2.05, 4.69) is 37.4 Å². The van der Waals surface area contributed by atoms with Crippen molar-refractivity contribution in [1.82, 2.24) is 34.7 Å². The van der Waals surface area contributed by atoms with Crippen LogP contribution in [0.4, 0.5) is 0 Å². The maximum absolute atomic E-state index is 14.1. The van der Waals surface area contributed by atoms with Gasteiger partial charge in [-0.1, -0.05) is 36.3 Å². The summed E-state index contributed by atoms with van der Waals surface area (Å²) in [6.45, 7) is 3.63. The molecule has 2 N–H and O–H groups in total. The quantitative estimate of drug-likeness (QED) is 0.347. The van der Waals surface area contributed by atoms with E-state index in [9.17, 15) is 9.59 Å². The molecule has 0 fully saturated rings. The van der Waals surface area contributed by atoms with Crippen molar-refractivity contribution in [3.63, 3.8) is 0 Å². The molecule has 0 aliphatic carbocycles. The number of fused-ring (bicyclic) bond motifs is 2. The van der Waals surface area contributed by atoms with Crippen molar-refractivity contribution < 1.29 is 4.79 Å². The summed E-state index contributed by atoms with van der Waals surface area (Å²) in [5.41, 5.74) is 3.79. The zero-order valence-corrected chi connectivity index (χ0v) is 21.2. The average molecular weight is 514 g/mol. The zero-order chi connectivity index (χ0) is 26.9. The number of amides is 1. The Labute approximate surface area is 223 Å². The van der Waals surface area contributed by atoms with E-state index in [-0.39, 0.29) is 11.5 Å². The number of aryl methyl sites for hydroxylation is 1. The van der Waals surface area contributed by atoms with E-state index in [1.165, 1.54) is 0 Å². The molecule has 0 bridgehead atoms. The van der Waals surface area contributed by atoms with Crippen LogP contribution < -0.4 is 10.9 Å². The van der Waals surface area contributed by atoms with Crippen LogP contribution in [0.5, 0.6) is 0 Å². The van der Waals surface area contributed by atoms with Gasteiger partial charge in [0.25, 0.3) is 11.5 Å². The van der Waals surface area contributed by atoms with Crippen LogP contribution >= 0.6 is 0 Å². The minimum Gasteiger partial charge on any atom is -0.344 e. The number of carbonyl (C=O) groups excluding carboxylic acids is 1. The van der Waals surface area contributed by atoms with E-state index in [1.807, 2.05) is 61.5 Å². The van der Waals surface area contributed by atoms with Crippen LogP contribution in [0.15, 0.2) is 90.1 Å².